The number of halogens is 1. The van der Waals surface area contributed by atoms with Crippen LogP contribution in [0.5, 0.6) is 5.75 Å². The molecule has 6 heteroatoms. The van der Waals surface area contributed by atoms with Crippen LogP contribution < -0.4 is 11.1 Å². The van der Waals surface area contributed by atoms with Crippen LogP contribution in [0.4, 0.5) is 11.4 Å². The molecule has 0 fully saturated rings. The molecule has 5 nitrogen and oxygen atoms in total. The molecule has 0 aliphatic rings. The monoisotopic (exact) mass is 307 g/mol. The molecule has 0 saturated carbocycles. The zero-order chi connectivity index (χ0) is 13.1. The van der Waals surface area contributed by atoms with E-state index in [2.05, 4.69) is 26.2 Å². The van der Waals surface area contributed by atoms with Crippen LogP contribution in [0.15, 0.2) is 41.1 Å². The standard InChI is InChI=1S/C12H10BrN3O2/c13-8-6-15-5-4-10(8)16-12(18)7-2-1-3-9(14)11(7)17/h1-6,17H,14H2,(H,15,16,18). The molecule has 1 heterocycles. The summed E-state index contributed by atoms with van der Waals surface area (Å²) < 4.78 is 0.654. The number of nitrogens with two attached hydrogens (primary N) is 1. The van der Waals surface area contributed by atoms with Crippen LogP contribution in [0.25, 0.3) is 0 Å². The van der Waals surface area contributed by atoms with Crippen molar-refractivity contribution >= 4 is 33.2 Å². The third kappa shape index (κ3) is 2.43. The number of benzene rings is 1. The number of anilines is 2. The number of aromatic hydroxyl groups is 1. The number of carbonyl (C=O) groups excluding carboxylic acids is 1. The first-order valence-electron chi connectivity index (χ1n) is 5.08. The van der Waals surface area contributed by atoms with Crippen LogP contribution in [0, 0.1) is 0 Å². The number of hydrogen-bond donors (Lipinski definition) is 3. The van der Waals surface area contributed by atoms with E-state index in [1.54, 1.807) is 24.5 Å². The van der Waals surface area contributed by atoms with Crippen LogP contribution in [0.2, 0.25) is 0 Å². The zero-order valence-corrected chi connectivity index (χ0v) is 10.8. The highest BCUT2D eigenvalue weighted by Crippen LogP contribution is 2.26. The Morgan fingerprint density at radius 1 is 1.39 bits per heavy atom. The first-order chi connectivity index (χ1) is 8.59. The molecule has 2 aromatic rings. The number of amides is 1. The zero-order valence-electron chi connectivity index (χ0n) is 9.22. The van der Waals surface area contributed by atoms with Crippen molar-refractivity contribution in [2.75, 3.05) is 11.1 Å². The van der Waals surface area contributed by atoms with Gasteiger partial charge in [-0.25, -0.2) is 0 Å². The van der Waals surface area contributed by atoms with Gasteiger partial charge in [-0.2, -0.15) is 0 Å². The largest absolute Gasteiger partial charge is 0.505 e. The molecule has 0 spiro atoms. The Hall–Kier alpha value is -2.08. The maximum Gasteiger partial charge on any atom is 0.259 e. The first kappa shape index (κ1) is 12.4. The van der Waals surface area contributed by atoms with Crippen molar-refractivity contribution in [2.24, 2.45) is 0 Å². The van der Waals surface area contributed by atoms with Crippen LogP contribution in [-0.2, 0) is 0 Å². The number of hydrogen-bond acceptors (Lipinski definition) is 4. The lowest BCUT2D eigenvalue weighted by molar-refractivity contribution is 0.102. The van der Waals surface area contributed by atoms with Gasteiger partial charge in [0.15, 0.2) is 5.75 Å². The minimum atomic E-state index is -0.438. The number of phenolic OH excluding ortho intramolecular Hbond substituents is 1. The van der Waals surface area contributed by atoms with Gasteiger partial charge in [-0.3, -0.25) is 9.78 Å². The van der Waals surface area contributed by atoms with Gasteiger partial charge in [-0.15, -0.1) is 0 Å². The summed E-state index contributed by atoms with van der Waals surface area (Å²) >= 11 is 3.27. The highest BCUT2D eigenvalue weighted by Gasteiger charge is 2.13. The molecule has 18 heavy (non-hydrogen) atoms. The number of nitrogens with zero attached hydrogens (tertiary/aromatic N) is 1. The molecular weight excluding hydrogens is 298 g/mol. The van der Waals surface area contributed by atoms with Gasteiger partial charge in [-0.05, 0) is 34.1 Å². The van der Waals surface area contributed by atoms with Gasteiger partial charge in [-0.1, -0.05) is 6.07 Å². The Labute approximate surface area is 112 Å². The molecule has 0 aliphatic carbocycles. The molecule has 4 N–H and O–H groups in total. The molecule has 0 aliphatic heterocycles. The van der Waals surface area contributed by atoms with Gasteiger partial charge < -0.3 is 16.2 Å². The topological polar surface area (TPSA) is 88.2 Å². The third-order valence-corrected chi connectivity index (χ3v) is 2.96. The smallest absolute Gasteiger partial charge is 0.259 e. The van der Waals surface area contributed by atoms with Gasteiger partial charge in [0.2, 0.25) is 0 Å². The molecule has 1 aromatic heterocycles. The molecule has 0 unspecified atom stereocenters. The Kier molecular flexibility index (Phi) is 3.47. The number of aromatic nitrogens is 1. The second kappa shape index (κ2) is 5.05. The van der Waals surface area contributed by atoms with Gasteiger partial charge in [0.1, 0.15) is 0 Å². The highest BCUT2D eigenvalue weighted by molar-refractivity contribution is 9.10. The molecule has 0 bridgehead atoms. The van der Waals surface area contributed by atoms with E-state index in [1.807, 2.05) is 0 Å². The summed E-state index contributed by atoms with van der Waals surface area (Å²) in [5.41, 5.74) is 6.39. The number of para-hydroxylation sites is 1. The maximum atomic E-state index is 12.0. The molecule has 1 amide bonds. The van der Waals surface area contributed by atoms with E-state index in [4.69, 9.17) is 5.73 Å². The lowest BCUT2D eigenvalue weighted by Crippen LogP contribution is -2.13. The minimum absolute atomic E-state index is 0.124. The van der Waals surface area contributed by atoms with Crippen molar-refractivity contribution in [1.29, 1.82) is 0 Å². The molecular formula is C12H10BrN3O2. The van der Waals surface area contributed by atoms with E-state index in [1.165, 1.54) is 12.1 Å². The van der Waals surface area contributed by atoms with Crippen molar-refractivity contribution < 1.29 is 9.90 Å². The number of carbonyl (C=O) groups is 1. The Morgan fingerprint density at radius 3 is 2.89 bits per heavy atom. The van der Waals surface area contributed by atoms with Crippen molar-refractivity contribution in [3.63, 3.8) is 0 Å². The molecule has 92 valence electrons. The lowest BCUT2D eigenvalue weighted by Gasteiger charge is -2.09. The van der Waals surface area contributed by atoms with E-state index in [0.29, 0.717) is 10.2 Å². The number of pyridine rings is 1. The Balaban J connectivity index is 2.28. The third-order valence-electron chi connectivity index (χ3n) is 2.33. The summed E-state index contributed by atoms with van der Waals surface area (Å²) in [7, 11) is 0. The number of rotatable bonds is 2. The summed E-state index contributed by atoms with van der Waals surface area (Å²) in [4.78, 5) is 15.9. The predicted octanol–water partition coefficient (Wildman–Crippen LogP) is 2.38. The molecule has 0 radical (unpaired) electrons. The molecule has 2 rings (SSSR count). The fourth-order valence-electron chi connectivity index (χ4n) is 1.41. The van der Waals surface area contributed by atoms with Gasteiger partial charge >= 0.3 is 0 Å². The number of nitrogen functional groups attached to an aromatic ring is 1. The fourth-order valence-corrected chi connectivity index (χ4v) is 1.76. The predicted molar refractivity (Wildman–Crippen MR) is 72.4 cm³/mol. The van der Waals surface area contributed by atoms with Crippen LogP contribution in [0.3, 0.4) is 0 Å². The first-order valence-corrected chi connectivity index (χ1v) is 5.87. The fraction of sp³-hybridized carbons (Fsp3) is 0. The van der Waals surface area contributed by atoms with Crippen molar-refractivity contribution in [2.45, 2.75) is 0 Å². The molecule has 0 saturated heterocycles. The Bertz CT molecular complexity index is 602. The second-order valence-corrected chi connectivity index (χ2v) is 4.41. The van der Waals surface area contributed by atoms with Gasteiger partial charge in [0.25, 0.3) is 5.91 Å². The summed E-state index contributed by atoms with van der Waals surface area (Å²) in [5.74, 6) is -0.660. The highest BCUT2D eigenvalue weighted by atomic mass is 79.9. The Morgan fingerprint density at radius 2 is 2.17 bits per heavy atom. The minimum Gasteiger partial charge on any atom is -0.505 e. The number of nitrogens with one attached hydrogen (secondary N) is 1. The van der Waals surface area contributed by atoms with Gasteiger partial charge in [0.05, 0.1) is 21.4 Å². The summed E-state index contributed by atoms with van der Waals surface area (Å²) in [6.45, 7) is 0. The number of phenols is 1. The SMILES string of the molecule is Nc1cccc(C(=O)Nc2ccncc2Br)c1O. The van der Waals surface area contributed by atoms with E-state index in [9.17, 15) is 9.90 Å². The van der Waals surface area contributed by atoms with E-state index < -0.39 is 5.91 Å². The summed E-state index contributed by atoms with van der Waals surface area (Å²) in [6.07, 6.45) is 3.12. The van der Waals surface area contributed by atoms with Gasteiger partial charge in [0, 0.05) is 12.4 Å². The summed E-state index contributed by atoms with van der Waals surface area (Å²) in [6, 6.07) is 6.27. The average molecular weight is 308 g/mol. The van der Waals surface area contributed by atoms with Crippen LogP contribution in [-0.4, -0.2) is 16.0 Å². The maximum absolute atomic E-state index is 12.0. The van der Waals surface area contributed by atoms with Crippen LogP contribution >= 0.6 is 15.9 Å². The van der Waals surface area contributed by atoms with E-state index in [-0.39, 0.29) is 17.0 Å². The summed E-state index contributed by atoms with van der Waals surface area (Å²) in [5, 5.41) is 12.4. The second-order valence-electron chi connectivity index (χ2n) is 3.55. The van der Waals surface area contributed by atoms with E-state index in [0.717, 1.165) is 0 Å². The van der Waals surface area contributed by atoms with Crippen LogP contribution in [0.1, 0.15) is 10.4 Å². The molecule has 1 aromatic carbocycles. The molecule has 0 atom stereocenters. The van der Waals surface area contributed by atoms with Crippen molar-refractivity contribution in [3.05, 3.63) is 46.7 Å². The van der Waals surface area contributed by atoms with E-state index >= 15 is 0 Å². The quantitative estimate of drug-likeness (QED) is 0.587. The van der Waals surface area contributed by atoms with Crippen molar-refractivity contribution in [3.8, 4) is 5.75 Å². The normalized spacial score (nSPS) is 10.1. The lowest BCUT2D eigenvalue weighted by atomic mass is 10.1. The average Bonchev–Trinajstić information content (AvgIpc) is 2.35. The van der Waals surface area contributed by atoms with Crippen molar-refractivity contribution in [1.82, 2.24) is 4.98 Å².